The van der Waals surface area contributed by atoms with Crippen LogP contribution < -0.4 is 0 Å². The first-order chi connectivity index (χ1) is 11.2. The van der Waals surface area contributed by atoms with Crippen LogP contribution in [0.3, 0.4) is 0 Å². The summed E-state index contributed by atoms with van der Waals surface area (Å²) in [4.78, 5) is 11.9. The Morgan fingerprint density at radius 2 is 1.87 bits per heavy atom. The number of furan rings is 1. The standard InChI is InChI=1S/C20H20O3/c1-3-4-5-17-12-16(20(21)23-17)13-18-10-11-19(22-18)15-8-6-14(2)7-9-15/h6-13H,3-5H2,1-2H3. The highest BCUT2D eigenvalue weighted by Crippen LogP contribution is 2.27. The van der Waals surface area contributed by atoms with Gasteiger partial charge in [0.1, 0.15) is 17.3 Å². The zero-order chi connectivity index (χ0) is 16.2. The van der Waals surface area contributed by atoms with Gasteiger partial charge in [-0.1, -0.05) is 43.2 Å². The molecule has 0 spiro atoms. The van der Waals surface area contributed by atoms with Crippen LogP contribution in [0.4, 0.5) is 0 Å². The Labute approximate surface area is 136 Å². The van der Waals surface area contributed by atoms with Crippen molar-refractivity contribution in [2.24, 2.45) is 0 Å². The van der Waals surface area contributed by atoms with Crippen LogP contribution in [0.2, 0.25) is 0 Å². The third-order valence-electron chi connectivity index (χ3n) is 3.81. The lowest BCUT2D eigenvalue weighted by atomic mass is 10.1. The summed E-state index contributed by atoms with van der Waals surface area (Å²) < 4.78 is 11.1. The summed E-state index contributed by atoms with van der Waals surface area (Å²) in [5.41, 5.74) is 2.77. The van der Waals surface area contributed by atoms with E-state index in [4.69, 9.17) is 9.15 Å². The summed E-state index contributed by atoms with van der Waals surface area (Å²) >= 11 is 0. The van der Waals surface area contributed by atoms with Crippen molar-refractivity contribution < 1.29 is 13.9 Å². The molecule has 2 heterocycles. The molecular weight excluding hydrogens is 288 g/mol. The topological polar surface area (TPSA) is 39.4 Å². The molecule has 0 N–H and O–H groups in total. The molecular formula is C20H20O3. The highest BCUT2D eigenvalue weighted by Gasteiger charge is 2.20. The molecule has 3 rings (SSSR count). The van der Waals surface area contributed by atoms with Crippen molar-refractivity contribution in [3.8, 4) is 11.3 Å². The number of benzene rings is 1. The number of ether oxygens (including phenoxy) is 1. The number of hydrogen-bond donors (Lipinski definition) is 0. The van der Waals surface area contributed by atoms with E-state index in [1.165, 1.54) is 5.56 Å². The van der Waals surface area contributed by atoms with Crippen LogP contribution in [-0.4, -0.2) is 5.97 Å². The fraction of sp³-hybridized carbons (Fsp3) is 0.250. The Kier molecular flexibility index (Phi) is 4.47. The van der Waals surface area contributed by atoms with E-state index in [1.54, 1.807) is 6.08 Å². The Bertz CT molecular complexity index is 760. The SMILES string of the molecule is CCCCC1=CC(=Cc2ccc(-c3ccc(C)cc3)o2)C(=O)O1. The monoisotopic (exact) mass is 308 g/mol. The Hall–Kier alpha value is -2.55. The molecule has 0 saturated carbocycles. The summed E-state index contributed by atoms with van der Waals surface area (Å²) in [5, 5.41) is 0. The molecule has 1 aliphatic heterocycles. The first-order valence-corrected chi connectivity index (χ1v) is 7.97. The minimum atomic E-state index is -0.301. The molecule has 2 aromatic rings. The van der Waals surface area contributed by atoms with Gasteiger partial charge in [-0.2, -0.15) is 0 Å². The maximum absolute atomic E-state index is 11.9. The Morgan fingerprint density at radius 1 is 1.09 bits per heavy atom. The van der Waals surface area contributed by atoms with Crippen LogP contribution >= 0.6 is 0 Å². The predicted molar refractivity (Wildman–Crippen MR) is 90.6 cm³/mol. The van der Waals surface area contributed by atoms with Crippen LogP contribution in [0.5, 0.6) is 0 Å². The molecule has 23 heavy (non-hydrogen) atoms. The molecule has 1 aromatic carbocycles. The van der Waals surface area contributed by atoms with Gasteiger partial charge in [-0.05, 0) is 37.6 Å². The molecule has 0 atom stereocenters. The van der Waals surface area contributed by atoms with E-state index >= 15 is 0 Å². The van der Waals surface area contributed by atoms with Gasteiger partial charge < -0.3 is 9.15 Å². The number of cyclic esters (lactones) is 1. The number of carbonyl (C=O) groups is 1. The van der Waals surface area contributed by atoms with Gasteiger partial charge in [-0.25, -0.2) is 4.79 Å². The number of allylic oxidation sites excluding steroid dienone is 1. The van der Waals surface area contributed by atoms with Crippen LogP contribution in [0.1, 0.15) is 37.5 Å². The molecule has 0 bridgehead atoms. The van der Waals surface area contributed by atoms with Crippen molar-refractivity contribution in [1.29, 1.82) is 0 Å². The van der Waals surface area contributed by atoms with Crippen molar-refractivity contribution in [1.82, 2.24) is 0 Å². The van der Waals surface area contributed by atoms with Crippen LogP contribution in [-0.2, 0) is 9.53 Å². The molecule has 1 aliphatic rings. The molecule has 1 aromatic heterocycles. The minimum absolute atomic E-state index is 0.301. The molecule has 0 saturated heterocycles. The Morgan fingerprint density at radius 3 is 2.61 bits per heavy atom. The van der Waals surface area contributed by atoms with Crippen molar-refractivity contribution in [2.75, 3.05) is 0 Å². The maximum atomic E-state index is 11.9. The van der Waals surface area contributed by atoms with Crippen LogP contribution in [0.25, 0.3) is 17.4 Å². The first kappa shape index (κ1) is 15.3. The number of aryl methyl sites for hydroxylation is 1. The molecule has 0 unspecified atom stereocenters. The zero-order valence-corrected chi connectivity index (χ0v) is 13.5. The highest BCUT2D eigenvalue weighted by molar-refractivity contribution is 5.99. The van der Waals surface area contributed by atoms with Gasteiger partial charge in [0, 0.05) is 12.0 Å². The number of hydrogen-bond acceptors (Lipinski definition) is 3. The van der Waals surface area contributed by atoms with Gasteiger partial charge in [0.05, 0.1) is 5.57 Å². The normalized spacial score (nSPS) is 15.8. The van der Waals surface area contributed by atoms with Gasteiger partial charge in [0.25, 0.3) is 0 Å². The average molecular weight is 308 g/mol. The molecule has 0 radical (unpaired) electrons. The predicted octanol–water partition coefficient (Wildman–Crippen LogP) is 5.27. The van der Waals surface area contributed by atoms with E-state index in [-0.39, 0.29) is 5.97 Å². The van der Waals surface area contributed by atoms with Gasteiger partial charge in [-0.3, -0.25) is 0 Å². The van der Waals surface area contributed by atoms with Crippen molar-refractivity contribution in [2.45, 2.75) is 33.1 Å². The third-order valence-corrected chi connectivity index (χ3v) is 3.81. The maximum Gasteiger partial charge on any atom is 0.343 e. The summed E-state index contributed by atoms with van der Waals surface area (Å²) in [7, 11) is 0. The largest absolute Gasteiger partial charge is 0.457 e. The van der Waals surface area contributed by atoms with E-state index < -0.39 is 0 Å². The molecule has 118 valence electrons. The number of rotatable bonds is 5. The lowest BCUT2D eigenvalue weighted by molar-refractivity contribution is -0.133. The molecule has 3 nitrogen and oxygen atoms in total. The molecule has 0 fully saturated rings. The van der Waals surface area contributed by atoms with E-state index in [2.05, 4.69) is 13.8 Å². The summed E-state index contributed by atoms with van der Waals surface area (Å²) in [6.45, 7) is 4.17. The second kappa shape index (κ2) is 6.69. The lowest BCUT2D eigenvalue weighted by Crippen LogP contribution is -1.97. The summed E-state index contributed by atoms with van der Waals surface area (Å²) in [6.07, 6.45) is 6.44. The smallest absolute Gasteiger partial charge is 0.343 e. The second-order valence-corrected chi connectivity index (χ2v) is 5.77. The molecule has 0 amide bonds. The van der Waals surface area contributed by atoms with E-state index in [9.17, 15) is 4.79 Å². The van der Waals surface area contributed by atoms with E-state index in [0.717, 1.165) is 36.3 Å². The number of esters is 1. The summed E-state index contributed by atoms with van der Waals surface area (Å²) in [6, 6.07) is 11.9. The highest BCUT2D eigenvalue weighted by atomic mass is 16.5. The lowest BCUT2D eigenvalue weighted by Gasteiger charge is -1.98. The van der Waals surface area contributed by atoms with E-state index in [0.29, 0.717) is 11.3 Å². The second-order valence-electron chi connectivity index (χ2n) is 5.77. The fourth-order valence-corrected chi connectivity index (χ4v) is 2.47. The first-order valence-electron chi connectivity index (χ1n) is 7.97. The van der Waals surface area contributed by atoms with Crippen molar-refractivity contribution in [3.05, 3.63) is 65.1 Å². The molecule has 0 aliphatic carbocycles. The fourth-order valence-electron chi connectivity index (χ4n) is 2.47. The van der Waals surface area contributed by atoms with Gasteiger partial charge >= 0.3 is 5.97 Å². The van der Waals surface area contributed by atoms with E-state index in [1.807, 2.05) is 42.5 Å². The summed E-state index contributed by atoms with van der Waals surface area (Å²) in [5.74, 6) is 1.89. The van der Waals surface area contributed by atoms with Gasteiger partial charge in [-0.15, -0.1) is 0 Å². The van der Waals surface area contributed by atoms with Gasteiger partial charge in [0.15, 0.2) is 0 Å². The van der Waals surface area contributed by atoms with Gasteiger partial charge in [0.2, 0.25) is 0 Å². The van der Waals surface area contributed by atoms with Crippen molar-refractivity contribution >= 4 is 12.0 Å². The Balaban J connectivity index is 1.79. The average Bonchev–Trinajstić information content (AvgIpc) is 3.14. The number of carbonyl (C=O) groups excluding carboxylic acids is 1. The minimum Gasteiger partial charge on any atom is -0.457 e. The van der Waals surface area contributed by atoms with Crippen LogP contribution in [0, 0.1) is 6.92 Å². The third kappa shape index (κ3) is 3.62. The van der Waals surface area contributed by atoms with Crippen molar-refractivity contribution in [3.63, 3.8) is 0 Å². The van der Waals surface area contributed by atoms with Crippen LogP contribution in [0.15, 0.2) is 58.2 Å². The molecule has 3 heteroatoms. The quantitative estimate of drug-likeness (QED) is 0.558. The number of unbranched alkanes of at least 4 members (excludes halogenated alkanes) is 1. The zero-order valence-electron chi connectivity index (χ0n) is 13.5.